The van der Waals surface area contributed by atoms with E-state index in [2.05, 4.69) is 12.2 Å². The van der Waals surface area contributed by atoms with Crippen LogP contribution >= 0.6 is 0 Å². The Bertz CT molecular complexity index is 342. The molecule has 3 nitrogen and oxygen atoms in total. The standard InChI is InChI=1S/C12H15NO2/c1-6(2)13-11(14)9-7-3-4-8(5-7)10(9)12(13)15/h3-4,6-10H,5H2,1-2H3/t7-,8+,9+,10-. The van der Waals surface area contributed by atoms with Crippen molar-refractivity contribution >= 4 is 11.8 Å². The van der Waals surface area contributed by atoms with Crippen molar-refractivity contribution in [3.63, 3.8) is 0 Å². The molecule has 0 unspecified atom stereocenters. The van der Waals surface area contributed by atoms with Crippen molar-refractivity contribution in [3.8, 4) is 0 Å². The molecular formula is C12H15NO2. The fourth-order valence-electron chi connectivity index (χ4n) is 3.43. The average Bonchev–Trinajstić information content (AvgIpc) is 2.79. The number of likely N-dealkylation sites (tertiary alicyclic amines) is 1. The second-order valence-corrected chi connectivity index (χ2v) is 5.14. The average molecular weight is 205 g/mol. The maximum absolute atomic E-state index is 12.1. The molecule has 0 N–H and O–H groups in total. The van der Waals surface area contributed by atoms with Gasteiger partial charge in [0.15, 0.2) is 0 Å². The molecule has 1 aliphatic heterocycles. The van der Waals surface area contributed by atoms with Gasteiger partial charge in [-0.05, 0) is 32.1 Å². The largest absolute Gasteiger partial charge is 0.280 e. The molecule has 0 aromatic rings. The summed E-state index contributed by atoms with van der Waals surface area (Å²) in [6.07, 6.45) is 5.26. The SMILES string of the molecule is CC(C)N1C(=O)[C@@H]2[C@H](C1=O)[C@H]1C=C[C@@H]2C1. The van der Waals surface area contributed by atoms with Gasteiger partial charge in [0.25, 0.3) is 0 Å². The minimum Gasteiger partial charge on any atom is -0.280 e. The van der Waals surface area contributed by atoms with Crippen LogP contribution in [-0.4, -0.2) is 22.8 Å². The van der Waals surface area contributed by atoms with Gasteiger partial charge in [0.2, 0.25) is 11.8 Å². The normalized spacial score (nSPS) is 42.2. The molecule has 1 saturated heterocycles. The first-order valence-electron chi connectivity index (χ1n) is 5.66. The zero-order valence-electron chi connectivity index (χ0n) is 9.01. The second kappa shape index (κ2) is 2.71. The highest BCUT2D eigenvalue weighted by atomic mass is 16.2. The maximum atomic E-state index is 12.1. The molecule has 3 rings (SSSR count). The van der Waals surface area contributed by atoms with Crippen LogP contribution in [0.1, 0.15) is 20.3 Å². The summed E-state index contributed by atoms with van der Waals surface area (Å²) in [7, 11) is 0. The third kappa shape index (κ3) is 0.959. The number of carbonyl (C=O) groups is 2. The van der Waals surface area contributed by atoms with Crippen LogP contribution in [-0.2, 0) is 9.59 Å². The number of hydrogen-bond acceptors (Lipinski definition) is 2. The number of fused-ring (bicyclic) bond motifs is 5. The van der Waals surface area contributed by atoms with Crippen LogP contribution in [0.4, 0.5) is 0 Å². The minimum atomic E-state index is -0.0325. The van der Waals surface area contributed by atoms with Gasteiger partial charge in [-0.2, -0.15) is 0 Å². The van der Waals surface area contributed by atoms with Crippen LogP contribution in [0, 0.1) is 23.7 Å². The van der Waals surface area contributed by atoms with Gasteiger partial charge in [0.05, 0.1) is 11.8 Å². The van der Waals surface area contributed by atoms with Gasteiger partial charge in [-0.25, -0.2) is 0 Å². The predicted octanol–water partition coefficient (Wildman–Crippen LogP) is 1.20. The molecule has 1 saturated carbocycles. The molecule has 2 bridgehead atoms. The first kappa shape index (κ1) is 9.13. The monoisotopic (exact) mass is 205 g/mol. The number of nitrogens with zero attached hydrogens (tertiary/aromatic N) is 1. The molecule has 80 valence electrons. The third-order valence-electron chi connectivity index (χ3n) is 4.02. The van der Waals surface area contributed by atoms with Crippen LogP contribution < -0.4 is 0 Å². The van der Waals surface area contributed by atoms with Gasteiger partial charge in [0, 0.05) is 6.04 Å². The van der Waals surface area contributed by atoms with E-state index in [1.54, 1.807) is 0 Å². The van der Waals surface area contributed by atoms with Crippen molar-refractivity contribution < 1.29 is 9.59 Å². The van der Waals surface area contributed by atoms with Crippen LogP contribution in [0.5, 0.6) is 0 Å². The molecule has 0 aromatic heterocycles. The highest BCUT2D eigenvalue weighted by molar-refractivity contribution is 6.06. The van der Waals surface area contributed by atoms with E-state index in [1.165, 1.54) is 4.90 Å². The Hall–Kier alpha value is -1.12. The topological polar surface area (TPSA) is 37.4 Å². The van der Waals surface area contributed by atoms with Crippen LogP contribution in [0.3, 0.4) is 0 Å². The van der Waals surface area contributed by atoms with E-state index >= 15 is 0 Å². The molecular weight excluding hydrogens is 190 g/mol. The quantitative estimate of drug-likeness (QED) is 0.476. The molecule has 0 aromatic carbocycles. The van der Waals surface area contributed by atoms with Gasteiger partial charge in [0.1, 0.15) is 0 Å². The zero-order chi connectivity index (χ0) is 10.7. The molecule has 4 atom stereocenters. The van der Waals surface area contributed by atoms with Crippen molar-refractivity contribution in [2.45, 2.75) is 26.3 Å². The maximum Gasteiger partial charge on any atom is 0.233 e. The molecule has 0 spiro atoms. The Morgan fingerprint density at radius 3 is 2.00 bits per heavy atom. The van der Waals surface area contributed by atoms with Crippen molar-refractivity contribution in [2.24, 2.45) is 23.7 Å². The molecule has 2 aliphatic carbocycles. The molecule has 2 fully saturated rings. The second-order valence-electron chi connectivity index (χ2n) is 5.14. The Balaban J connectivity index is 2.00. The lowest BCUT2D eigenvalue weighted by molar-refractivity contribution is -0.142. The van der Waals surface area contributed by atoms with E-state index in [0.717, 1.165) is 6.42 Å². The summed E-state index contributed by atoms with van der Waals surface area (Å²) in [6.45, 7) is 3.82. The van der Waals surface area contributed by atoms with Crippen molar-refractivity contribution in [1.82, 2.24) is 4.90 Å². The molecule has 3 aliphatic rings. The summed E-state index contributed by atoms with van der Waals surface area (Å²) in [5, 5.41) is 0. The predicted molar refractivity (Wildman–Crippen MR) is 54.7 cm³/mol. The molecule has 3 heteroatoms. The molecule has 0 radical (unpaired) electrons. The van der Waals surface area contributed by atoms with Gasteiger partial charge >= 0.3 is 0 Å². The Morgan fingerprint density at radius 1 is 1.13 bits per heavy atom. The van der Waals surface area contributed by atoms with Gasteiger partial charge in [-0.15, -0.1) is 0 Å². The Kier molecular flexibility index (Phi) is 1.65. The summed E-state index contributed by atoms with van der Waals surface area (Å²) in [6, 6.07) is 0.00926. The fourth-order valence-corrected chi connectivity index (χ4v) is 3.43. The smallest absolute Gasteiger partial charge is 0.233 e. The van der Waals surface area contributed by atoms with E-state index in [4.69, 9.17) is 0 Å². The zero-order valence-corrected chi connectivity index (χ0v) is 9.01. The van der Waals surface area contributed by atoms with Crippen molar-refractivity contribution in [1.29, 1.82) is 0 Å². The third-order valence-corrected chi connectivity index (χ3v) is 4.02. The first-order chi connectivity index (χ1) is 7.11. The minimum absolute atomic E-state index is 0.00926. The number of imide groups is 1. The fraction of sp³-hybridized carbons (Fsp3) is 0.667. The highest BCUT2D eigenvalue weighted by Gasteiger charge is 2.59. The van der Waals surface area contributed by atoms with Crippen LogP contribution in [0.2, 0.25) is 0 Å². The lowest BCUT2D eigenvalue weighted by Crippen LogP contribution is -2.38. The molecule has 15 heavy (non-hydrogen) atoms. The first-order valence-corrected chi connectivity index (χ1v) is 5.66. The summed E-state index contributed by atoms with van der Waals surface area (Å²) in [4.78, 5) is 25.7. The van der Waals surface area contributed by atoms with Gasteiger partial charge < -0.3 is 0 Å². The summed E-state index contributed by atoms with van der Waals surface area (Å²) < 4.78 is 0. The summed E-state index contributed by atoms with van der Waals surface area (Å²) in [5.74, 6) is 0.735. The van der Waals surface area contributed by atoms with Crippen LogP contribution in [0.15, 0.2) is 12.2 Å². The number of hydrogen-bond donors (Lipinski definition) is 0. The summed E-state index contributed by atoms with van der Waals surface area (Å²) >= 11 is 0. The number of carbonyl (C=O) groups excluding carboxylic acids is 2. The van der Waals surface area contributed by atoms with Gasteiger partial charge in [-0.3, -0.25) is 14.5 Å². The number of allylic oxidation sites excluding steroid dienone is 2. The van der Waals surface area contributed by atoms with Crippen molar-refractivity contribution in [2.75, 3.05) is 0 Å². The Morgan fingerprint density at radius 2 is 1.60 bits per heavy atom. The van der Waals surface area contributed by atoms with Gasteiger partial charge in [-0.1, -0.05) is 12.2 Å². The van der Waals surface area contributed by atoms with E-state index in [0.29, 0.717) is 11.8 Å². The molecule has 1 heterocycles. The van der Waals surface area contributed by atoms with Crippen LogP contribution in [0.25, 0.3) is 0 Å². The molecule has 2 amide bonds. The van der Waals surface area contributed by atoms with E-state index < -0.39 is 0 Å². The summed E-state index contributed by atoms with van der Waals surface area (Å²) in [5.41, 5.74) is 0. The van der Waals surface area contributed by atoms with E-state index in [9.17, 15) is 9.59 Å². The highest BCUT2D eigenvalue weighted by Crippen LogP contribution is 2.52. The van der Waals surface area contributed by atoms with Crippen molar-refractivity contribution in [3.05, 3.63) is 12.2 Å². The van der Waals surface area contributed by atoms with E-state index in [1.807, 2.05) is 13.8 Å². The lowest BCUT2D eigenvalue weighted by Gasteiger charge is -2.20. The van der Waals surface area contributed by atoms with E-state index in [-0.39, 0.29) is 29.7 Å². The Labute approximate surface area is 89.1 Å². The number of amides is 2. The number of rotatable bonds is 1. The lowest BCUT2D eigenvalue weighted by atomic mass is 9.85.